The molecule has 146 valence electrons. The van der Waals surface area contributed by atoms with Gasteiger partial charge in [0, 0.05) is 15.8 Å². The summed E-state index contributed by atoms with van der Waals surface area (Å²) in [4.78, 5) is 24.5. The Labute approximate surface area is 173 Å². The van der Waals surface area contributed by atoms with Gasteiger partial charge < -0.3 is 10.3 Å². The molecule has 1 aliphatic heterocycles. The van der Waals surface area contributed by atoms with Crippen LogP contribution in [0.3, 0.4) is 0 Å². The number of H-pyrrole nitrogens is 1. The van der Waals surface area contributed by atoms with Crippen molar-refractivity contribution in [2.24, 2.45) is 5.92 Å². The van der Waals surface area contributed by atoms with Crippen LogP contribution in [0.25, 0.3) is 10.2 Å². The Morgan fingerprint density at radius 1 is 1.29 bits per heavy atom. The molecule has 3 heterocycles. The number of thioether (sulfide) groups is 1. The first kappa shape index (κ1) is 18.4. The van der Waals surface area contributed by atoms with Crippen molar-refractivity contribution in [3.63, 3.8) is 0 Å². The molecule has 1 aromatic carbocycles. The number of hydrogen-bond acceptors (Lipinski definition) is 5. The van der Waals surface area contributed by atoms with E-state index in [0.29, 0.717) is 12.0 Å². The molecule has 3 atom stereocenters. The molecule has 0 bridgehead atoms. The molecular formula is C22H25N3OS2. The third-order valence-electron chi connectivity index (χ3n) is 6.00. The zero-order chi connectivity index (χ0) is 19.3. The molecule has 0 spiro atoms. The lowest BCUT2D eigenvalue weighted by atomic mass is 9.89. The smallest absolute Gasteiger partial charge is 0.259 e. The maximum absolute atomic E-state index is 12.9. The Morgan fingerprint density at radius 3 is 3.04 bits per heavy atom. The van der Waals surface area contributed by atoms with E-state index in [1.54, 1.807) is 11.3 Å². The number of aryl methyl sites for hydroxylation is 1. The van der Waals surface area contributed by atoms with Gasteiger partial charge in [-0.05, 0) is 61.5 Å². The highest BCUT2D eigenvalue weighted by molar-refractivity contribution is 7.99. The molecular weight excluding hydrogens is 386 g/mol. The summed E-state index contributed by atoms with van der Waals surface area (Å²) >= 11 is 3.64. The molecule has 0 saturated carbocycles. The number of aromatic amines is 1. The van der Waals surface area contributed by atoms with E-state index in [1.165, 1.54) is 20.9 Å². The van der Waals surface area contributed by atoms with Gasteiger partial charge >= 0.3 is 0 Å². The van der Waals surface area contributed by atoms with E-state index < -0.39 is 0 Å². The topological polar surface area (TPSA) is 57.8 Å². The van der Waals surface area contributed by atoms with Gasteiger partial charge in [-0.2, -0.15) is 0 Å². The highest BCUT2D eigenvalue weighted by Gasteiger charge is 2.26. The van der Waals surface area contributed by atoms with Crippen molar-refractivity contribution in [2.45, 2.75) is 56.5 Å². The number of nitrogens with zero attached hydrogens (tertiary/aromatic N) is 1. The summed E-state index contributed by atoms with van der Waals surface area (Å²) in [7, 11) is 0. The van der Waals surface area contributed by atoms with Crippen LogP contribution in [0.2, 0.25) is 0 Å². The number of aromatic nitrogens is 2. The van der Waals surface area contributed by atoms with E-state index in [4.69, 9.17) is 4.98 Å². The quantitative estimate of drug-likeness (QED) is 0.637. The molecule has 2 N–H and O–H groups in total. The summed E-state index contributed by atoms with van der Waals surface area (Å²) in [6, 6.07) is 8.90. The van der Waals surface area contributed by atoms with Crippen molar-refractivity contribution in [1.82, 2.24) is 15.3 Å². The van der Waals surface area contributed by atoms with Gasteiger partial charge in [0.1, 0.15) is 10.7 Å². The Morgan fingerprint density at radius 2 is 2.14 bits per heavy atom. The Bertz CT molecular complexity index is 1090. The molecule has 0 radical (unpaired) electrons. The predicted molar refractivity (Wildman–Crippen MR) is 118 cm³/mol. The number of thiophene rings is 1. The summed E-state index contributed by atoms with van der Waals surface area (Å²) in [6.07, 6.45) is 4.33. The van der Waals surface area contributed by atoms with Crippen LogP contribution in [0.15, 0.2) is 34.0 Å². The van der Waals surface area contributed by atoms with Crippen molar-refractivity contribution in [3.8, 4) is 0 Å². The van der Waals surface area contributed by atoms with E-state index in [-0.39, 0.29) is 11.6 Å². The molecule has 4 nitrogen and oxygen atoms in total. The fourth-order valence-electron chi connectivity index (χ4n) is 4.47. The molecule has 0 fully saturated rings. The molecule has 0 unspecified atom stereocenters. The van der Waals surface area contributed by atoms with Crippen molar-refractivity contribution < 1.29 is 0 Å². The van der Waals surface area contributed by atoms with Crippen LogP contribution >= 0.6 is 23.1 Å². The summed E-state index contributed by atoms with van der Waals surface area (Å²) in [6.45, 7) is 4.40. The Balaban J connectivity index is 1.46. The lowest BCUT2D eigenvalue weighted by molar-refractivity contribution is 0.437. The van der Waals surface area contributed by atoms with Crippen molar-refractivity contribution in [2.75, 3.05) is 5.75 Å². The number of benzene rings is 1. The van der Waals surface area contributed by atoms with Gasteiger partial charge in [-0.15, -0.1) is 23.1 Å². The third kappa shape index (κ3) is 3.21. The third-order valence-corrected chi connectivity index (χ3v) is 8.27. The van der Waals surface area contributed by atoms with Crippen LogP contribution in [0.4, 0.5) is 0 Å². The van der Waals surface area contributed by atoms with Crippen LogP contribution in [0.5, 0.6) is 0 Å². The van der Waals surface area contributed by atoms with E-state index in [2.05, 4.69) is 48.4 Å². The number of rotatable bonds is 3. The summed E-state index contributed by atoms with van der Waals surface area (Å²) in [5, 5.41) is 4.55. The second-order valence-electron chi connectivity index (χ2n) is 8.10. The van der Waals surface area contributed by atoms with Crippen molar-refractivity contribution in [1.29, 1.82) is 0 Å². The van der Waals surface area contributed by atoms with Gasteiger partial charge in [-0.25, -0.2) is 4.98 Å². The van der Waals surface area contributed by atoms with Crippen molar-refractivity contribution in [3.05, 3.63) is 56.4 Å². The fourth-order valence-corrected chi connectivity index (χ4v) is 6.98. The van der Waals surface area contributed by atoms with E-state index in [1.807, 2.05) is 11.8 Å². The zero-order valence-corrected chi connectivity index (χ0v) is 17.9. The maximum Gasteiger partial charge on any atom is 0.259 e. The van der Waals surface area contributed by atoms with Gasteiger partial charge in [0.15, 0.2) is 0 Å². The van der Waals surface area contributed by atoms with Gasteiger partial charge in [-0.3, -0.25) is 4.79 Å². The first-order chi connectivity index (χ1) is 13.6. The summed E-state index contributed by atoms with van der Waals surface area (Å²) in [5.41, 5.74) is 2.63. The Hall–Kier alpha value is -1.63. The van der Waals surface area contributed by atoms with Gasteiger partial charge in [0.05, 0.1) is 11.4 Å². The number of fused-ring (bicyclic) bond motifs is 4. The maximum atomic E-state index is 12.9. The first-order valence-electron chi connectivity index (χ1n) is 10.1. The minimum absolute atomic E-state index is 0.00342. The van der Waals surface area contributed by atoms with Crippen LogP contribution in [0.1, 0.15) is 60.6 Å². The predicted octanol–water partition coefficient (Wildman–Crippen LogP) is 5.00. The lowest BCUT2D eigenvalue weighted by Crippen LogP contribution is -2.29. The minimum Gasteiger partial charge on any atom is -0.309 e. The normalized spacial score (nSPS) is 22.6. The average Bonchev–Trinajstić information content (AvgIpc) is 3.06. The molecule has 0 amide bonds. The average molecular weight is 412 g/mol. The first-order valence-corrected chi connectivity index (χ1v) is 11.9. The van der Waals surface area contributed by atoms with Gasteiger partial charge in [-0.1, -0.05) is 25.1 Å². The van der Waals surface area contributed by atoms with Crippen LogP contribution in [-0.4, -0.2) is 15.7 Å². The summed E-state index contributed by atoms with van der Waals surface area (Å²) in [5.74, 6) is 2.56. The second-order valence-corrected chi connectivity index (χ2v) is 10.3. The van der Waals surface area contributed by atoms with Crippen LogP contribution < -0.4 is 10.9 Å². The SMILES string of the molecule is C[C@H]1CCc2c(sc3nc([C@H](C)N[C@@H]4CCSc5ccccc54)[nH]c(=O)c23)C1. The minimum atomic E-state index is -0.00342. The van der Waals surface area contributed by atoms with Crippen LogP contribution in [-0.2, 0) is 12.8 Å². The van der Waals surface area contributed by atoms with E-state index in [9.17, 15) is 4.79 Å². The van der Waals surface area contributed by atoms with E-state index >= 15 is 0 Å². The Kier molecular flexibility index (Phi) is 4.81. The van der Waals surface area contributed by atoms with Gasteiger partial charge in [0.2, 0.25) is 0 Å². The molecule has 3 aromatic rings. The molecule has 1 aliphatic carbocycles. The molecule has 28 heavy (non-hydrogen) atoms. The van der Waals surface area contributed by atoms with Gasteiger partial charge in [0.25, 0.3) is 5.56 Å². The highest BCUT2D eigenvalue weighted by Crippen LogP contribution is 2.38. The molecule has 6 heteroatoms. The second kappa shape index (κ2) is 7.32. The van der Waals surface area contributed by atoms with Crippen LogP contribution in [0, 0.1) is 5.92 Å². The molecule has 2 aromatic heterocycles. The number of nitrogens with one attached hydrogen (secondary N) is 2. The standard InChI is InChI=1S/C22H25N3OS2/c1-12-7-8-15-18(11-12)28-22-19(15)21(26)24-20(25-22)13(2)23-16-9-10-27-17-6-4-3-5-14(16)17/h3-6,12-13,16,23H,7-11H2,1-2H3,(H,24,25,26)/t12-,13-,16+/m0/s1. The largest absolute Gasteiger partial charge is 0.309 e. The number of hydrogen-bond donors (Lipinski definition) is 2. The molecule has 2 aliphatic rings. The monoisotopic (exact) mass is 411 g/mol. The van der Waals surface area contributed by atoms with E-state index in [0.717, 1.165) is 47.5 Å². The molecule has 5 rings (SSSR count). The lowest BCUT2D eigenvalue weighted by Gasteiger charge is -2.28. The molecule has 0 saturated heterocycles. The van der Waals surface area contributed by atoms with Crippen molar-refractivity contribution >= 4 is 33.3 Å². The summed E-state index contributed by atoms with van der Waals surface area (Å²) < 4.78 is 0. The highest BCUT2D eigenvalue weighted by atomic mass is 32.2. The zero-order valence-electron chi connectivity index (χ0n) is 16.2. The fraction of sp³-hybridized carbons (Fsp3) is 0.455.